The van der Waals surface area contributed by atoms with E-state index < -0.39 is 0 Å². The summed E-state index contributed by atoms with van der Waals surface area (Å²) >= 11 is 0. The summed E-state index contributed by atoms with van der Waals surface area (Å²) < 4.78 is 1.95. The average Bonchev–Trinajstić information content (AvgIpc) is 2.20. The van der Waals surface area contributed by atoms with Crippen LogP contribution < -0.4 is 5.56 Å². The minimum Gasteiger partial charge on any atom is -0.310 e. The van der Waals surface area contributed by atoms with E-state index in [9.17, 15) is 4.79 Å². The molecule has 1 aromatic heterocycles. The average molecular weight is 206 g/mol. The quantitative estimate of drug-likeness (QED) is 0.694. The molecule has 0 aromatic carbocycles. The van der Waals surface area contributed by atoms with Crippen molar-refractivity contribution in [2.75, 3.05) is 20.1 Å². The Morgan fingerprint density at radius 2 is 1.93 bits per heavy atom. The predicted molar refractivity (Wildman–Crippen MR) is 61.2 cm³/mol. The third-order valence-corrected chi connectivity index (χ3v) is 3.25. The molecule has 0 amide bonds. The van der Waals surface area contributed by atoms with E-state index in [1.54, 1.807) is 6.07 Å². The summed E-state index contributed by atoms with van der Waals surface area (Å²) in [5.74, 6) is 0. The van der Waals surface area contributed by atoms with Crippen molar-refractivity contribution < 1.29 is 0 Å². The molecule has 0 saturated carbocycles. The first-order valence-corrected chi connectivity index (χ1v) is 5.55. The zero-order chi connectivity index (χ0) is 10.8. The van der Waals surface area contributed by atoms with Crippen molar-refractivity contribution in [1.82, 2.24) is 9.47 Å². The Morgan fingerprint density at radius 3 is 2.53 bits per heavy atom. The smallest absolute Gasteiger partial charge is 0.250 e. The Labute approximate surface area is 90.3 Å². The van der Waals surface area contributed by atoms with Crippen molar-refractivity contribution in [3.05, 3.63) is 34.2 Å². The maximum absolute atomic E-state index is 11.8. The highest BCUT2D eigenvalue weighted by Gasteiger charge is 2.19. The van der Waals surface area contributed by atoms with Gasteiger partial charge in [0.05, 0.1) is 0 Å². The molecule has 1 aliphatic rings. The van der Waals surface area contributed by atoms with Gasteiger partial charge in [-0.2, -0.15) is 0 Å². The van der Waals surface area contributed by atoms with E-state index in [4.69, 9.17) is 0 Å². The molecule has 1 fully saturated rings. The highest BCUT2D eigenvalue weighted by atomic mass is 16.1. The monoisotopic (exact) mass is 206 g/mol. The van der Waals surface area contributed by atoms with E-state index in [2.05, 4.69) is 11.9 Å². The third-order valence-electron chi connectivity index (χ3n) is 3.25. The van der Waals surface area contributed by atoms with Crippen molar-refractivity contribution in [1.29, 1.82) is 0 Å². The summed E-state index contributed by atoms with van der Waals surface area (Å²) in [6, 6.07) is 5.91. The van der Waals surface area contributed by atoms with Crippen LogP contribution in [0.1, 0.15) is 24.6 Å². The minimum atomic E-state index is 0.143. The van der Waals surface area contributed by atoms with Crippen LogP contribution >= 0.6 is 0 Å². The number of likely N-dealkylation sites (tertiary alicyclic amines) is 1. The molecule has 0 aliphatic carbocycles. The van der Waals surface area contributed by atoms with E-state index in [0.717, 1.165) is 31.6 Å². The van der Waals surface area contributed by atoms with Crippen molar-refractivity contribution in [3.8, 4) is 0 Å². The second-order valence-electron chi connectivity index (χ2n) is 4.41. The van der Waals surface area contributed by atoms with Gasteiger partial charge in [-0.05, 0) is 46.0 Å². The lowest BCUT2D eigenvalue weighted by molar-refractivity contribution is 0.217. The van der Waals surface area contributed by atoms with Crippen LogP contribution in [0.4, 0.5) is 0 Å². The van der Waals surface area contributed by atoms with Gasteiger partial charge >= 0.3 is 0 Å². The number of hydrogen-bond donors (Lipinski definition) is 0. The molecule has 0 bridgehead atoms. The zero-order valence-electron chi connectivity index (χ0n) is 9.44. The van der Waals surface area contributed by atoms with Gasteiger partial charge < -0.3 is 9.47 Å². The molecule has 15 heavy (non-hydrogen) atoms. The van der Waals surface area contributed by atoms with Crippen LogP contribution in [0.25, 0.3) is 0 Å². The second-order valence-corrected chi connectivity index (χ2v) is 4.41. The lowest BCUT2D eigenvalue weighted by Gasteiger charge is -2.31. The topological polar surface area (TPSA) is 25.2 Å². The zero-order valence-corrected chi connectivity index (χ0v) is 9.44. The van der Waals surface area contributed by atoms with E-state index >= 15 is 0 Å². The maximum atomic E-state index is 11.8. The molecule has 82 valence electrons. The van der Waals surface area contributed by atoms with Crippen LogP contribution in [0.2, 0.25) is 0 Å². The molecule has 2 rings (SSSR count). The van der Waals surface area contributed by atoms with Gasteiger partial charge in [0.1, 0.15) is 0 Å². The molecule has 0 spiro atoms. The Balaban J connectivity index is 2.26. The minimum absolute atomic E-state index is 0.143. The largest absolute Gasteiger partial charge is 0.310 e. The van der Waals surface area contributed by atoms with Crippen LogP contribution in [0.3, 0.4) is 0 Å². The first-order chi connectivity index (χ1) is 7.18. The number of piperidine rings is 1. The summed E-state index contributed by atoms with van der Waals surface area (Å²) in [4.78, 5) is 14.1. The molecule has 3 heteroatoms. The molecule has 1 aliphatic heterocycles. The second kappa shape index (κ2) is 4.19. The van der Waals surface area contributed by atoms with Crippen LogP contribution in [-0.2, 0) is 0 Å². The third kappa shape index (κ3) is 2.12. The summed E-state index contributed by atoms with van der Waals surface area (Å²) in [6.45, 7) is 4.19. The molecular formula is C12H18N2O. The number of rotatable bonds is 1. The van der Waals surface area contributed by atoms with Crippen LogP contribution in [0.5, 0.6) is 0 Å². The molecule has 0 unspecified atom stereocenters. The van der Waals surface area contributed by atoms with Gasteiger partial charge in [-0.25, -0.2) is 0 Å². The number of aryl methyl sites for hydroxylation is 1. The Morgan fingerprint density at radius 1 is 1.27 bits per heavy atom. The standard InChI is InChI=1S/C12H18N2O/c1-10-4-3-5-12(15)14(10)11-6-8-13(2)9-7-11/h3-5,11H,6-9H2,1-2H3. The fraction of sp³-hybridized carbons (Fsp3) is 0.583. The molecule has 0 atom stereocenters. The number of hydrogen-bond acceptors (Lipinski definition) is 2. The lowest BCUT2D eigenvalue weighted by atomic mass is 10.0. The SMILES string of the molecule is Cc1cccc(=O)n1C1CCN(C)CC1. The number of nitrogens with zero attached hydrogens (tertiary/aromatic N) is 2. The summed E-state index contributed by atoms with van der Waals surface area (Å²) in [7, 11) is 2.14. The molecular weight excluding hydrogens is 188 g/mol. The fourth-order valence-corrected chi connectivity index (χ4v) is 2.33. The fourth-order valence-electron chi connectivity index (χ4n) is 2.33. The predicted octanol–water partition coefficient (Wildman–Crippen LogP) is 1.42. The molecule has 2 heterocycles. The summed E-state index contributed by atoms with van der Waals surface area (Å²) in [5, 5.41) is 0. The highest BCUT2D eigenvalue weighted by Crippen LogP contribution is 2.21. The number of aromatic nitrogens is 1. The van der Waals surface area contributed by atoms with Crippen LogP contribution in [-0.4, -0.2) is 29.6 Å². The van der Waals surface area contributed by atoms with Crippen molar-refractivity contribution >= 4 is 0 Å². The first kappa shape index (κ1) is 10.4. The normalized spacial score (nSPS) is 19.3. The number of pyridine rings is 1. The van der Waals surface area contributed by atoms with E-state index in [0.29, 0.717) is 6.04 Å². The summed E-state index contributed by atoms with van der Waals surface area (Å²) in [5.41, 5.74) is 1.22. The molecule has 1 aromatic rings. The molecule has 3 nitrogen and oxygen atoms in total. The van der Waals surface area contributed by atoms with Gasteiger partial charge in [0.15, 0.2) is 0 Å². The van der Waals surface area contributed by atoms with Crippen molar-refractivity contribution in [2.45, 2.75) is 25.8 Å². The van der Waals surface area contributed by atoms with Gasteiger partial charge in [-0.15, -0.1) is 0 Å². The van der Waals surface area contributed by atoms with Crippen LogP contribution in [0, 0.1) is 6.92 Å². The Hall–Kier alpha value is -1.09. The summed E-state index contributed by atoms with van der Waals surface area (Å²) in [6.07, 6.45) is 2.17. The first-order valence-electron chi connectivity index (χ1n) is 5.55. The van der Waals surface area contributed by atoms with Gasteiger partial charge in [0, 0.05) is 17.8 Å². The molecule has 0 N–H and O–H groups in total. The van der Waals surface area contributed by atoms with E-state index in [-0.39, 0.29) is 5.56 Å². The molecule has 1 saturated heterocycles. The Bertz CT molecular complexity index is 389. The van der Waals surface area contributed by atoms with Crippen molar-refractivity contribution in [2.24, 2.45) is 0 Å². The van der Waals surface area contributed by atoms with Crippen molar-refractivity contribution in [3.63, 3.8) is 0 Å². The highest BCUT2D eigenvalue weighted by molar-refractivity contribution is 5.06. The van der Waals surface area contributed by atoms with E-state index in [1.807, 2.05) is 23.6 Å². The Kier molecular flexibility index (Phi) is 2.91. The van der Waals surface area contributed by atoms with E-state index in [1.165, 1.54) is 0 Å². The molecule has 0 radical (unpaired) electrons. The van der Waals surface area contributed by atoms with Gasteiger partial charge in [0.2, 0.25) is 0 Å². The van der Waals surface area contributed by atoms with Crippen LogP contribution in [0.15, 0.2) is 23.0 Å². The maximum Gasteiger partial charge on any atom is 0.250 e. The van der Waals surface area contributed by atoms with Gasteiger partial charge in [-0.1, -0.05) is 6.07 Å². The van der Waals surface area contributed by atoms with Gasteiger partial charge in [-0.3, -0.25) is 4.79 Å². The lowest BCUT2D eigenvalue weighted by Crippen LogP contribution is -2.35. The van der Waals surface area contributed by atoms with Gasteiger partial charge in [0.25, 0.3) is 5.56 Å².